The molecule has 1 aliphatic rings. The Kier molecular flexibility index (Phi) is 4.51. The van der Waals surface area contributed by atoms with E-state index in [1.165, 1.54) is 6.08 Å². The molecule has 2 unspecified atom stereocenters. The molecule has 0 aromatic heterocycles. The van der Waals surface area contributed by atoms with Gasteiger partial charge >= 0.3 is 0 Å². The molecule has 0 fully saturated rings. The molecule has 1 aliphatic carbocycles. The van der Waals surface area contributed by atoms with Crippen molar-refractivity contribution in [1.82, 2.24) is 0 Å². The van der Waals surface area contributed by atoms with Gasteiger partial charge in [-0.25, -0.2) is 0 Å². The molecule has 116 valence electrons. The van der Waals surface area contributed by atoms with Crippen LogP contribution >= 0.6 is 0 Å². The van der Waals surface area contributed by atoms with Crippen molar-refractivity contribution in [1.29, 1.82) is 0 Å². The molecule has 23 heavy (non-hydrogen) atoms. The van der Waals surface area contributed by atoms with Gasteiger partial charge in [0.2, 0.25) is 0 Å². The van der Waals surface area contributed by atoms with Gasteiger partial charge in [0.15, 0.2) is 11.6 Å². The molecule has 0 saturated carbocycles. The zero-order valence-corrected chi connectivity index (χ0v) is 12.6. The van der Waals surface area contributed by atoms with E-state index in [0.29, 0.717) is 5.56 Å². The first-order chi connectivity index (χ1) is 11.2. The molecule has 0 heterocycles. The van der Waals surface area contributed by atoms with Gasteiger partial charge in [-0.05, 0) is 11.6 Å². The standard InChI is InChI=1S/C20H18O3/c21-19(17-11-5-2-6-12-17)18-13-7-8-14-20(18,22)23-15-16-9-3-1-4-10-16/h1-14,18,22H,15H2. The first kappa shape index (κ1) is 15.4. The number of allylic oxidation sites excluding steroid dienone is 2. The first-order valence-corrected chi connectivity index (χ1v) is 7.54. The molecule has 0 amide bonds. The number of ether oxygens (including phenoxy) is 1. The van der Waals surface area contributed by atoms with Crippen LogP contribution in [-0.2, 0) is 11.3 Å². The number of ketones is 1. The largest absolute Gasteiger partial charge is 0.361 e. The van der Waals surface area contributed by atoms with Gasteiger partial charge in [0.25, 0.3) is 0 Å². The van der Waals surface area contributed by atoms with Crippen molar-refractivity contribution >= 4 is 5.78 Å². The second-order valence-electron chi connectivity index (χ2n) is 5.48. The molecule has 0 bridgehead atoms. The van der Waals surface area contributed by atoms with Crippen molar-refractivity contribution in [3.63, 3.8) is 0 Å². The van der Waals surface area contributed by atoms with E-state index < -0.39 is 11.7 Å². The summed E-state index contributed by atoms with van der Waals surface area (Å²) in [6, 6.07) is 18.5. The highest BCUT2D eigenvalue weighted by atomic mass is 16.6. The van der Waals surface area contributed by atoms with E-state index in [1.54, 1.807) is 42.5 Å². The Morgan fingerprint density at radius 3 is 2.35 bits per heavy atom. The Morgan fingerprint density at radius 1 is 1.00 bits per heavy atom. The van der Waals surface area contributed by atoms with E-state index in [4.69, 9.17) is 4.74 Å². The lowest BCUT2D eigenvalue weighted by Gasteiger charge is -2.32. The van der Waals surface area contributed by atoms with E-state index in [1.807, 2.05) is 36.4 Å². The SMILES string of the molecule is O=C(c1ccccc1)C1C=CC=CC1(O)OCc1ccccc1. The van der Waals surface area contributed by atoms with Crippen LogP contribution in [0, 0.1) is 5.92 Å². The fourth-order valence-electron chi connectivity index (χ4n) is 2.58. The third-order valence-electron chi connectivity index (χ3n) is 3.85. The quantitative estimate of drug-likeness (QED) is 0.679. The highest BCUT2D eigenvalue weighted by molar-refractivity contribution is 5.99. The summed E-state index contributed by atoms with van der Waals surface area (Å²) < 4.78 is 5.71. The number of hydrogen-bond donors (Lipinski definition) is 1. The number of rotatable bonds is 5. The average molecular weight is 306 g/mol. The lowest BCUT2D eigenvalue weighted by molar-refractivity contribution is -0.189. The minimum atomic E-state index is -1.64. The summed E-state index contributed by atoms with van der Waals surface area (Å²) in [5.74, 6) is -2.57. The van der Waals surface area contributed by atoms with E-state index in [2.05, 4.69) is 0 Å². The summed E-state index contributed by atoms with van der Waals surface area (Å²) in [6.07, 6.45) is 6.66. The zero-order chi connectivity index (χ0) is 16.1. The number of benzene rings is 2. The summed E-state index contributed by atoms with van der Waals surface area (Å²) in [7, 11) is 0. The van der Waals surface area contributed by atoms with E-state index in [-0.39, 0.29) is 12.4 Å². The summed E-state index contributed by atoms with van der Waals surface area (Å²) in [5.41, 5.74) is 1.49. The molecule has 2 atom stereocenters. The van der Waals surface area contributed by atoms with Crippen LogP contribution < -0.4 is 0 Å². The van der Waals surface area contributed by atoms with Crippen molar-refractivity contribution in [2.24, 2.45) is 5.92 Å². The van der Waals surface area contributed by atoms with Gasteiger partial charge in [-0.3, -0.25) is 4.79 Å². The molecule has 0 saturated heterocycles. The molecule has 0 aliphatic heterocycles. The summed E-state index contributed by atoms with van der Waals surface area (Å²) in [5, 5.41) is 10.8. The smallest absolute Gasteiger partial charge is 0.199 e. The Balaban J connectivity index is 1.79. The number of Topliss-reactive ketones (excluding diaryl/α,β-unsaturated/α-hetero) is 1. The van der Waals surface area contributed by atoms with Gasteiger partial charge in [0.05, 0.1) is 12.5 Å². The van der Waals surface area contributed by atoms with Crippen molar-refractivity contribution in [2.45, 2.75) is 12.4 Å². The lowest BCUT2D eigenvalue weighted by Crippen LogP contribution is -2.43. The normalized spacial score (nSPS) is 22.9. The number of carbonyl (C=O) groups excluding carboxylic acids is 1. The molecule has 1 N–H and O–H groups in total. The summed E-state index contributed by atoms with van der Waals surface area (Å²) in [4.78, 5) is 12.7. The molecule has 2 aromatic rings. The Morgan fingerprint density at radius 2 is 1.65 bits per heavy atom. The Bertz CT molecular complexity index is 719. The molecule has 3 heteroatoms. The van der Waals surface area contributed by atoms with Crippen LogP contribution in [0.25, 0.3) is 0 Å². The van der Waals surface area contributed by atoms with Gasteiger partial charge in [-0.2, -0.15) is 0 Å². The third kappa shape index (κ3) is 3.47. The minimum absolute atomic E-state index is 0.165. The number of aliphatic hydroxyl groups is 1. The maximum Gasteiger partial charge on any atom is 0.199 e. The van der Waals surface area contributed by atoms with Crippen molar-refractivity contribution < 1.29 is 14.6 Å². The van der Waals surface area contributed by atoms with Gasteiger partial charge in [-0.15, -0.1) is 0 Å². The third-order valence-corrected chi connectivity index (χ3v) is 3.85. The number of carbonyl (C=O) groups is 1. The maximum atomic E-state index is 12.7. The van der Waals surface area contributed by atoms with Crippen LogP contribution in [0.5, 0.6) is 0 Å². The van der Waals surface area contributed by atoms with E-state index in [0.717, 1.165) is 5.56 Å². The minimum Gasteiger partial charge on any atom is -0.361 e. The van der Waals surface area contributed by atoms with Crippen LogP contribution in [0.2, 0.25) is 0 Å². The van der Waals surface area contributed by atoms with Crippen molar-refractivity contribution in [3.05, 3.63) is 96.1 Å². The Hall–Kier alpha value is -2.49. The molecular formula is C20H18O3. The maximum absolute atomic E-state index is 12.7. The fraction of sp³-hybridized carbons (Fsp3) is 0.150. The monoisotopic (exact) mass is 306 g/mol. The van der Waals surface area contributed by atoms with Crippen LogP contribution in [0.1, 0.15) is 15.9 Å². The molecule has 3 rings (SSSR count). The molecule has 0 spiro atoms. The summed E-state index contributed by atoms with van der Waals surface area (Å²) in [6.45, 7) is 0.230. The van der Waals surface area contributed by atoms with Crippen molar-refractivity contribution in [2.75, 3.05) is 0 Å². The number of hydrogen-bond acceptors (Lipinski definition) is 3. The Labute approximate surface area is 135 Å². The van der Waals surface area contributed by atoms with Gasteiger partial charge < -0.3 is 9.84 Å². The molecule has 3 nitrogen and oxygen atoms in total. The van der Waals surface area contributed by atoms with Crippen LogP contribution in [0.4, 0.5) is 0 Å². The predicted octanol–water partition coefficient (Wildman–Crippen LogP) is 3.52. The highest BCUT2D eigenvalue weighted by Gasteiger charge is 2.40. The van der Waals surface area contributed by atoms with Gasteiger partial charge in [0, 0.05) is 5.56 Å². The topological polar surface area (TPSA) is 46.5 Å². The van der Waals surface area contributed by atoms with Crippen LogP contribution in [-0.4, -0.2) is 16.7 Å². The lowest BCUT2D eigenvalue weighted by atomic mass is 9.86. The molecule has 0 radical (unpaired) electrons. The van der Waals surface area contributed by atoms with Gasteiger partial charge in [0.1, 0.15) is 0 Å². The van der Waals surface area contributed by atoms with E-state index in [9.17, 15) is 9.90 Å². The van der Waals surface area contributed by atoms with Crippen LogP contribution in [0.15, 0.2) is 85.0 Å². The van der Waals surface area contributed by atoms with E-state index >= 15 is 0 Å². The van der Waals surface area contributed by atoms with Crippen LogP contribution in [0.3, 0.4) is 0 Å². The zero-order valence-electron chi connectivity index (χ0n) is 12.6. The average Bonchev–Trinajstić information content (AvgIpc) is 2.62. The fourth-order valence-corrected chi connectivity index (χ4v) is 2.58. The first-order valence-electron chi connectivity index (χ1n) is 7.54. The summed E-state index contributed by atoms with van der Waals surface area (Å²) >= 11 is 0. The molecule has 2 aromatic carbocycles. The van der Waals surface area contributed by atoms with Crippen molar-refractivity contribution in [3.8, 4) is 0 Å². The van der Waals surface area contributed by atoms with Gasteiger partial charge in [-0.1, -0.05) is 78.9 Å². The second kappa shape index (κ2) is 6.73. The highest BCUT2D eigenvalue weighted by Crippen LogP contribution is 2.30. The predicted molar refractivity (Wildman–Crippen MR) is 88.7 cm³/mol. The molecular weight excluding hydrogens is 288 g/mol. The second-order valence-corrected chi connectivity index (χ2v) is 5.48.